The van der Waals surface area contributed by atoms with E-state index in [0.29, 0.717) is 27.3 Å². The monoisotopic (exact) mass is 363 g/mol. The molecule has 1 aliphatic rings. The maximum atomic E-state index is 12.3. The Balaban J connectivity index is 1.80. The van der Waals surface area contributed by atoms with Gasteiger partial charge in [0.05, 0.1) is 26.4 Å². The molecule has 0 aliphatic heterocycles. The second-order valence-corrected chi connectivity index (χ2v) is 6.81. The molecule has 2 aromatic rings. The lowest BCUT2D eigenvalue weighted by Gasteiger charge is -2.08. The van der Waals surface area contributed by atoms with E-state index in [4.69, 9.17) is 23.2 Å². The lowest BCUT2D eigenvalue weighted by atomic mass is 10.2. The molecule has 1 fully saturated rings. The smallest absolute Gasteiger partial charge is 0.266 e. The van der Waals surface area contributed by atoms with Gasteiger partial charge in [-0.2, -0.15) is 5.26 Å². The molecule has 1 aliphatic carbocycles. The Morgan fingerprint density at radius 1 is 1.39 bits per heavy atom. The van der Waals surface area contributed by atoms with Gasteiger partial charge in [-0.05, 0) is 31.1 Å². The molecule has 3 rings (SSSR count). The van der Waals surface area contributed by atoms with Crippen molar-refractivity contribution in [1.82, 2.24) is 4.98 Å². The van der Waals surface area contributed by atoms with Gasteiger partial charge in [-0.15, -0.1) is 11.3 Å². The summed E-state index contributed by atoms with van der Waals surface area (Å²) >= 11 is 13.6. The van der Waals surface area contributed by atoms with E-state index in [1.807, 2.05) is 11.4 Å². The zero-order valence-electron chi connectivity index (χ0n) is 11.8. The molecule has 1 N–H and O–H groups in total. The van der Waals surface area contributed by atoms with Crippen molar-refractivity contribution in [3.05, 3.63) is 49.9 Å². The van der Waals surface area contributed by atoms with Crippen molar-refractivity contribution in [2.75, 3.05) is 5.32 Å². The first kappa shape index (κ1) is 16.0. The van der Waals surface area contributed by atoms with E-state index in [0.717, 1.165) is 17.8 Å². The van der Waals surface area contributed by atoms with Crippen LogP contribution in [0.15, 0.2) is 29.2 Å². The molecule has 0 atom stereocenters. The number of nitriles is 1. The SMILES string of the molecule is N#C/C(=C/c1csc(C2CC2)n1)C(=O)Nc1c(Cl)cccc1Cl. The molecule has 1 heterocycles. The average molecular weight is 364 g/mol. The lowest BCUT2D eigenvalue weighted by Crippen LogP contribution is -2.14. The number of aromatic nitrogens is 1. The third kappa shape index (κ3) is 3.73. The van der Waals surface area contributed by atoms with Crippen molar-refractivity contribution in [2.45, 2.75) is 18.8 Å². The molecule has 23 heavy (non-hydrogen) atoms. The summed E-state index contributed by atoms with van der Waals surface area (Å²) in [6, 6.07) is 6.79. The molecule has 1 aromatic heterocycles. The fraction of sp³-hybridized carbons (Fsp3) is 0.188. The van der Waals surface area contributed by atoms with Crippen molar-refractivity contribution >= 4 is 52.2 Å². The number of carbonyl (C=O) groups excluding carboxylic acids is 1. The number of nitrogens with one attached hydrogen (secondary N) is 1. The number of nitrogens with zero attached hydrogens (tertiary/aromatic N) is 2. The van der Waals surface area contributed by atoms with Crippen LogP contribution in [0.3, 0.4) is 0 Å². The number of anilines is 1. The van der Waals surface area contributed by atoms with Crippen LogP contribution < -0.4 is 5.32 Å². The summed E-state index contributed by atoms with van der Waals surface area (Å²) in [5.41, 5.74) is 0.862. The Kier molecular flexibility index (Phi) is 4.67. The van der Waals surface area contributed by atoms with E-state index in [1.165, 1.54) is 6.08 Å². The molecule has 0 radical (unpaired) electrons. The summed E-state index contributed by atoms with van der Waals surface area (Å²) in [7, 11) is 0. The van der Waals surface area contributed by atoms with Crippen LogP contribution in [-0.4, -0.2) is 10.9 Å². The van der Waals surface area contributed by atoms with Gasteiger partial charge in [0.2, 0.25) is 0 Å². The van der Waals surface area contributed by atoms with E-state index in [1.54, 1.807) is 29.5 Å². The van der Waals surface area contributed by atoms with Gasteiger partial charge < -0.3 is 5.32 Å². The molecule has 116 valence electrons. The number of hydrogen-bond donors (Lipinski definition) is 1. The topological polar surface area (TPSA) is 65.8 Å². The number of amides is 1. The van der Waals surface area contributed by atoms with Crippen molar-refractivity contribution < 1.29 is 4.79 Å². The number of benzene rings is 1. The number of carbonyl (C=O) groups is 1. The first-order chi connectivity index (χ1) is 11.1. The van der Waals surface area contributed by atoms with Gasteiger partial charge in [0.1, 0.15) is 11.6 Å². The fourth-order valence-corrected chi connectivity index (χ4v) is 3.42. The average Bonchev–Trinajstić information content (AvgIpc) is 3.28. The van der Waals surface area contributed by atoms with E-state index >= 15 is 0 Å². The van der Waals surface area contributed by atoms with Gasteiger partial charge in [-0.25, -0.2) is 4.98 Å². The predicted molar refractivity (Wildman–Crippen MR) is 92.8 cm³/mol. The highest BCUT2D eigenvalue weighted by Crippen LogP contribution is 2.41. The van der Waals surface area contributed by atoms with Gasteiger partial charge in [0.25, 0.3) is 5.91 Å². The molecule has 7 heteroatoms. The predicted octanol–water partition coefficient (Wildman–Crippen LogP) is 4.87. The van der Waals surface area contributed by atoms with Crippen molar-refractivity contribution in [2.24, 2.45) is 0 Å². The van der Waals surface area contributed by atoms with E-state index < -0.39 is 5.91 Å². The number of hydrogen-bond acceptors (Lipinski definition) is 4. The third-order valence-corrected chi connectivity index (χ3v) is 4.98. The van der Waals surface area contributed by atoms with E-state index in [-0.39, 0.29) is 5.57 Å². The molecule has 0 saturated heterocycles. The van der Waals surface area contributed by atoms with Crippen LogP contribution in [0, 0.1) is 11.3 Å². The minimum atomic E-state index is -0.566. The van der Waals surface area contributed by atoms with Crippen LogP contribution >= 0.6 is 34.5 Å². The molecule has 1 amide bonds. The molecule has 0 spiro atoms. The summed E-state index contributed by atoms with van der Waals surface area (Å²) in [6.07, 6.45) is 3.79. The van der Waals surface area contributed by atoms with Crippen LogP contribution in [0.4, 0.5) is 5.69 Å². The number of halogens is 2. The molecule has 0 unspecified atom stereocenters. The second kappa shape index (κ2) is 6.71. The van der Waals surface area contributed by atoms with Crippen LogP contribution in [0.1, 0.15) is 29.5 Å². The van der Waals surface area contributed by atoms with E-state index in [9.17, 15) is 10.1 Å². The number of para-hydroxylation sites is 1. The van der Waals surface area contributed by atoms with Crippen molar-refractivity contribution in [3.63, 3.8) is 0 Å². The number of rotatable bonds is 4. The Hall–Kier alpha value is -1.87. The molecular formula is C16H11Cl2N3OS. The second-order valence-electron chi connectivity index (χ2n) is 5.11. The molecule has 1 saturated carbocycles. The highest BCUT2D eigenvalue weighted by Gasteiger charge is 2.26. The Morgan fingerprint density at radius 2 is 2.09 bits per heavy atom. The number of thiazole rings is 1. The zero-order chi connectivity index (χ0) is 16.4. The summed E-state index contributed by atoms with van der Waals surface area (Å²) < 4.78 is 0. The normalized spacial score (nSPS) is 14.4. The quantitative estimate of drug-likeness (QED) is 0.622. The minimum Gasteiger partial charge on any atom is -0.319 e. The molecule has 1 aromatic carbocycles. The van der Waals surface area contributed by atoms with Gasteiger partial charge >= 0.3 is 0 Å². The van der Waals surface area contributed by atoms with E-state index in [2.05, 4.69) is 10.3 Å². The molecule has 0 bridgehead atoms. The molecule has 4 nitrogen and oxygen atoms in total. The third-order valence-electron chi connectivity index (χ3n) is 3.32. The Labute approximate surface area is 147 Å². The largest absolute Gasteiger partial charge is 0.319 e. The van der Waals surface area contributed by atoms with Gasteiger partial charge in [-0.1, -0.05) is 29.3 Å². The first-order valence-electron chi connectivity index (χ1n) is 6.91. The van der Waals surface area contributed by atoms with Gasteiger partial charge in [-0.3, -0.25) is 4.79 Å². The van der Waals surface area contributed by atoms with Crippen LogP contribution in [-0.2, 0) is 4.79 Å². The van der Waals surface area contributed by atoms with Crippen molar-refractivity contribution in [3.8, 4) is 6.07 Å². The fourth-order valence-electron chi connectivity index (χ4n) is 1.98. The first-order valence-corrected chi connectivity index (χ1v) is 8.54. The van der Waals surface area contributed by atoms with Crippen molar-refractivity contribution in [1.29, 1.82) is 5.26 Å². The minimum absolute atomic E-state index is 0.0476. The van der Waals surface area contributed by atoms with Gasteiger partial charge in [0, 0.05) is 11.3 Å². The summed E-state index contributed by atoms with van der Waals surface area (Å²) in [5, 5.41) is 15.3. The maximum Gasteiger partial charge on any atom is 0.266 e. The Bertz CT molecular complexity index is 814. The Morgan fingerprint density at radius 3 is 2.70 bits per heavy atom. The zero-order valence-corrected chi connectivity index (χ0v) is 14.2. The summed E-state index contributed by atoms with van der Waals surface area (Å²) in [4.78, 5) is 16.7. The van der Waals surface area contributed by atoms with Crippen LogP contribution in [0.25, 0.3) is 6.08 Å². The summed E-state index contributed by atoms with van der Waals surface area (Å²) in [5.74, 6) is -0.0214. The van der Waals surface area contributed by atoms with Gasteiger partial charge in [0.15, 0.2) is 0 Å². The van der Waals surface area contributed by atoms with Crippen LogP contribution in [0.2, 0.25) is 10.0 Å². The standard InChI is InChI=1S/C16H11Cl2N3OS/c17-12-2-1-3-13(18)14(12)21-15(22)10(7-19)6-11-8-23-16(20-11)9-4-5-9/h1-3,6,8-9H,4-5H2,(H,21,22)/b10-6-. The summed E-state index contributed by atoms with van der Waals surface area (Å²) in [6.45, 7) is 0. The highest BCUT2D eigenvalue weighted by atomic mass is 35.5. The lowest BCUT2D eigenvalue weighted by molar-refractivity contribution is -0.112. The molecular weight excluding hydrogens is 353 g/mol. The highest BCUT2D eigenvalue weighted by molar-refractivity contribution is 7.09. The van der Waals surface area contributed by atoms with Crippen LogP contribution in [0.5, 0.6) is 0 Å². The maximum absolute atomic E-state index is 12.3.